The standard InChI is InChI=1S/C39H38N2O5.2Na.2H/c1-26(36(31-17-19-35(40)20-18-31)12-6-7-27-13-15-29-8-2-4-10-32(29)21-27)41(37(42)23-34(39(45)46)24-38(43)44)25-28-14-16-30-9-3-5-11-33(30)22-28;;;;/h2-11,13-22,26,34,36H,12,23-25,40H2,1H3,(H,43,44)(H,45,46);;;;/q;2*+1;2*-1/b7-6+;;;;. The summed E-state index contributed by atoms with van der Waals surface area (Å²) in [5, 5.41) is 23.5. The van der Waals surface area contributed by atoms with Crippen molar-refractivity contribution in [1.82, 2.24) is 4.90 Å². The Labute approximate surface area is 328 Å². The summed E-state index contributed by atoms with van der Waals surface area (Å²) in [6, 6.07) is 35.7. The van der Waals surface area contributed by atoms with Crippen LogP contribution in [0.2, 0.25) is 0 Å². The van der Waals surface area contributed by atoms with Crippen LogP contribution in [0.15, 0.2) is 115 Å². The third-order valence-corrected chi connectivity index (χ3v) is 8.59. The number of aliphatic carboxylic acids is 2. The molecule has 9 heteroatoms. The SMILES string of the molecule is CC(C(C/C=C/c1ccc2ccccc2c1)c1ccc(N)cc1)N(Cc1ccc2ccccc2c1)C(=O)CC(CC(=O)O)C(=O)O.[H-].[H-].[Na+].[Na+]. The zero-order chi connectivity index (χ0) is 32.6. The molecule has 4 N–H and O–H groups in total. The molecule has 5 aromatic rings. The van der Waals surface area contributed by atoms with Gasteiger partial charge in [0.25, 0.3) is 0 Å². The Kier molecular flexibility index (Phi) is 14.9. The topological polar surface area (TPSA) is 121 Å². The number of allylic oxidation sites excluding steroid dienone is 1. The van der Waals surface area contributed by atoms with Gasteiger partial charge in [-0.05, 0) is 75.8 Å². The molecule has 5 rings (SSSR count). The molecule has 0 saturated carbocycles. The average molecular weight is 663 g/mol. The van der Waals surface area contributed by atoms with E-state index in [0.29, 0.717) is 12.1 Å². The molecule has 48 heavy (non-hydrogen) atoms. The number of nitrogens with zero attached hydrogens (tertiary/aromatic N) is 1. The smallest absolute Gasteiger partial charge is 1.00 e. The number of hydrogen-bond acceptors (Lipinski definition) is 4. The molecule has 0 aromatic heterocycles. The summed E-state index contributed by atoms with van der Waals surface area (Å²) < 4.78 is 0. The number of rotatable bonds is 13. The monoisotopic (exact) mass is 662 g/mol. The van der Waals surface area contributed by atoms with E-state index < -0.39 is 36.6 Å². The summed E-state index contributed by atoms with van der Waals surface area (Å²) >= 11 is 0. The van der Waals surface area contributed by atoms with E-state index in [4.69, 9.17) is 5.73 Å². The van der Waals surface area contributed by atoms with Crippen molar-refractivity contribution in [3.05, 3.63) is 132 Å². The van der Waals surface area contributed by atoms with Gasteiger partial charge in [0.15, 0.2) is 0 Å². The van der Waals surface area contributed by atoms with Crippen LogP contribution in [0.5, 0.6) is 0 Å². The zero-order valence-electron chi connectivity index (χ0n) is 29.8. The van der Waals surface area contributed by atoms with Crippen LogP contribution in [0.3, 0.4) is 0 Å². The minimum absolute atomic E-state index is 0. The fraction of sp³-hybridized carbons (Fsp3) is 0.205. The molecule has 0 fully saturated rings. The summed E-state index contributed by atoms with van der Waals surface area (Å²) in [5.41, 5.74) is 9.59. The molecule has 0 aliphatic carbocycles. The number of carboxylic acid groups (broad SMARTS) is 2. The molecule has 0 heterocycles. The first kappa shape index (κ1) is 39.0. The van der Waals surface area contributed by atoms with Crippen LogP contribution in [-0.4, -0.2) is 39.0 Å². The van der Waals surface area contributed by atoms with Gasteiger partial charge in [-0.1, -0.05) is 97.1 Å². The van der Waals surface area contributed by atoms with E-state index in [2.05, 4.69) is 42.5 Å². The number of carboxylic acids is 2. The van der Waals surface area contributed by atoms with E-state index in [9.17, 15) is 24.6 Å². The molecule has 0 bridgehead atoms. The predicted octanol–water partition coefficient (Wildman–Crippen LogP) is 1.98. The van der Waals surface area contributed by atoms with E-state index in [1.165, 1.54) is 5.39 Å². The number of amides is 1. The number of nitrogen functional groups attached to an aromatic ring is 1. The molecule has 3 atom stereocenters. The van der Waals surface area contributed by atoms with Gasteiger partial charge in [-0.15, -0.1) is 0 Å². The molecule has 0 spiro atoms. The van der Waals surface area contributed by atoms with Crippen molar-refractivity contribution < 1.29 is 86.6 Å². The molecule has 238 valence electrons. The molecular formula is C39H40N2Na2O5. The Morgan fingerprint density at radius 1 is 0.771 bits per heavy atom. The van der Waals surface area contributed by atoms with Gasteiger partial charge in [0.2, 0.25) is 5.91 Å². The Morgan fingerprint density at radius 2 is 1.35 bits per heavy atom. The number of nitrogens with two attached hydrogens (primary N) is 1. The van der Waals surface area contributed by atoms with E-state index in [1.807, 2.05) is 85.8 Å². The van der Waals surface area contributed by atoms with Crippen LogP contribution in [0.25, 0.3) is 27.6 Å². The Hall–Kier alpha value is -3.43. The molecule has 0 aliphatic heterocycles. The van der Waals surface area contributed by atoms with Crippen LogP contribution in [0, 0.1) is 5.92 Å². The molecule has 7 nitrogen and oxygen atoms in total. The third kappa shape index (κ3) is 10.3. The number of hydrogen-bond donors (Lipinski definition) is 3. The minimum Gasteiger partial charge on any atom is -1.00 e. The van der Waals surface area contributed by atoms with Crippen molar-refractivity contribution in [2.24, 2.45) is 5.92 Å². The summed E-state index contributed by atoms with van der Waals surface area (Å²) in [5.74, 6) is -4.47. The molecule has 1 amide bonds. The fourth-order valence-electron chi connectivity index (χ4n) is 6.01. The van der Waals surface area contributed by atoms with Crippen molar-refractivity contribution in [3.8, 4) is 0 Å². The maximum atomic E-state index is 14.0. The van der Waals surface area contributed by atoms with E-state index >= 15 is 0 Å². The van der Waals surface area contributed by atoms with Gasteiger partial charge in [0.05, 0.1) is 12.3 Å². The molecule has 0 aliphatic rings. The summed E-state index contributed by atoms with van der Waals surface area (Å²) in [4.78, 5) is 39.1. The normalized spacial score (nSPS) is 12.9. The fourth-order valence-corrected chi connectivity index (χ4v) is 6.01. The second-order valence-corrected chi connectivity index (χ2v) is 11.8. The van der Waals surface area contributed by atoms with Gasteiger partial charge >= 0.3 is 71.1 Å². The Morgan fingerprint density at radius 3 is 1.96 bits per heavy atom. The Balaban J connectivity index is 0.00000312. The summed E-state index contributed by atoms with van der Waals surface area (Å²) in [6.07, 6.45) is 3.73. The second-order valence-electron chi connectivity index (χ2n) is 11.8. The first-order chi connectivity index (χ1) is 22.2. The Bertz CT molecular complexity index is 1910. The van der Waals surface area contributed by atoms with Gasteiger partial charge in [-0.2, -0.15) is 0 Å². The molecule has 0 radical (unpaired) electrons. The number of benzene rings is 5. The third-order valence-electron chi connectivity index (χ3n) is 8.59. The largest absolute Gasteiger partial charge is 1.00 e. The molecular weight excluding hydrogens is 622 g/mol. The summed E-state index contributed by atoms with van der Waals surface area (Å²) in [6.45, 7) is 2.21. The van der Waals surface area contributed by atoms with Crippen molar-refractivity contribution in [3.63, 3.8) is 0 Å². The predicted molar refractivity (Wildman–Crippen MR) is 185 cm³/mol. The van der Waals surface area contributed by atoms with Gasteiger partial charge in [0, 0.05) is 30.6 Å². The van der Waals surface area contributed by atoms with E-state index in [1.54, 1.807) is 4.90 Å². The first-order valence-electron chi connectivity index (χ1n) is 15.4. The number of carbonyl (C=O) groups is 3. The number of carbonyl (C=O) groups excluding carboxylic acids is 1. The van der Waals surface area contributed by atoms with Crippen molar-refractivity contribution in [2.75, 3.05) is 5.73 Å². The van der Waals surface area contributed by atoms with Gasteiger partial charge < -0.3 is 23.7 Å². The maximum absolute atomic E-state index is 14.0. The van der Waals surface area contributed by atoms with Gasteiger partial charge in [-0.3, -0.25) is 14.4 Å². The molecule has 3 unspecified atom stereocenters. The van der Waals surface area contributed by atoms with Gasteiger partial charge in [0.1, 0.15) is 0 Å². The van der Waals surface area contributed by atoms with E-state index in [0.717, 1.165) is 32.8 Å². The van der Waals surface area contributed by atoms with Gasteiger partial charge in [-0.25, -0.2) is 0 Å². The van der Waals surface area contributed by atoms with Crippen molar-refractivity contribution >= 4 is 51.2 Å². The first-order valence-corrected chi connectivity index (χ1v) is 15.4. The minimum atomic E-state index is -1.33. The second kappa shape index (κ2) is 18.4. The number of anilines is 1. The van der Waals surface area contributed by atoms with Crippen molar-refractivity contribution in [2.45, 2.75) is 44.7 Å². The van der Waals surface area contributed by atoms with E-state index in [-0.39, 0.29) is 80.5 Å². The van der Waals surface area contributed by atoms with Crippen LogP contribution in [0.1, 0.15) is 51.6 Å². The maximum Gasteiger partial charge on any atom is 1.00 e. The quantitative estimate of drug-likeness (QED) is 0.131. The van der Waals surface area contributed by atoms with Crippen LogP contribution < -0.4 is 64.8 Å². The van der Waals surface area contributed by atoms with Crippen LogP contribution in [-0.2, 0) is 20.9 Å². The van der Waals surface area contributed by atoms with Crippen LogP contribution >= 0.6 is 0 Å². The van der Waals surface area contributed by atoms with Crippen molar-refractivity contribution in [1.29, 1.82) is 0 Å². The molecule has 5 aromatic carbocycles. The molecule has 0 saturated heterocycles. The average Bonchev–Trinajstić information content (AvgIpc) is 3.05. The zero-order valence-corrected chi connectivity index (χ0v) is 31.8. The number of fused-ring (bicyclic) bond motifs is 2. The summed E-state index contributed by atoms with van der Waals surface area (Å²) in [7, 11) is 0. The van der Waals surface area contributed by atoms with Crippen LogP contribution in [0.4, 0.5) is 5.69 Å².